The van der Waals surface area contributed by atoms with Crippen LogP contribution in [-0.4, -0.2) is 23.0 Å². The summed E-state index contributed by atoms with van der Waals surface area (Å²) in [4.78, 5) is 6.85. The number of likely N-dealkylation sites (tertiary alicyclic amines) is 1. The van der Waals surface area contributed by atoms with Crippen molar-refractivity contribution in [3.05, 3.63) is 72.6 Å². The maximum absolute atomic E-state index is 5.81. The van der Waals surface area contributed by atoms with Crippen molar-refractivity contribution >= 4 is 0 Å². The molecule has 1 aromatic carbocycles. The number of piperidine rings is 1. The predicted octanol–water partition coefficient (Wildman–Crippen LogP) is 4.37. The minimum Gasteiger partial charge on any atom is -0.489 e. The normalized spacial score (nSPS) is 18.5. The first-order valence-corrected chi connectivity index (χ1v) is 8.34. The molecule has 0 radical (unpaired) electrons. The maximum atomic E-state index is 5.81. The summed E-state index contributed by atoms with van der Waals surface area (Å²) in [6, 6.07) is 13.0. The topological polar surface area (TPSA) is 25.4 Å². The molecule has 3 nitrogen and oxygen atoms in total. The summed E-state index contributed by atoms with van der Waals surface area (Å²) < 4.78 is 5.81. The number of rotatable bonds is 6. The van der Waals surface area contributed by atoms with Gasteiger partial charge >= 0.3 is 0 Å². The van der Waals surface area contributed by atoms with Crippen molar-refractivity contribution < 1.29 is 4.74 Å². The van der Waals surface area contributed by atoms with E-state index in [0.717, 1.165) is 18.8 Å². The van der Waals surface area contributed by atoms with E-state index < -0.39 is 0 Å². The number of ether oxygens (including phenoxy) is 1. The fourth-order valence-electron chi connectivity index (χ4n) is 3.27. The smallest absolute Gasteiger partial charge is 0.124 e. The molecule has 3 rings (SSSR count). The molecule has 0 amide bonds. The molecule has 1 aliphatic rings. The zero-order chi connectivity index (χ0) is 15.9. The first-order chi connectivity index (χ1) is 11.4. The highest BCUT2D eigenvalue weighted by molar-refractivity contribution is 5.33. The minimum absolute atomic E-state index is 0.449. The molecular formula is C20H24N2O. The van der Waals surface area contributed by atoms with E-state index in [1.54, 1.807) is 6.08 Å². The number of para-hydroxylation sites is 1. The Labute approximate surface area is 138 Å². The fourth-order valence-corrected chi connectivity index (χ4v) is 3.27. The molecular weight excluding hydrogens is 284 g/mol. The van der Waals surface area contributed by atoms with E-state index in [4.69, 9.17) is 4.74 Å². The maximum Gasteiger partial charge on any atom is 0.124 e. The number of aromatic nitrogens is 1. The summed E-state index contributed by atoms with van der Waals surface area (Å²) in [6.07, 6.45) is 9.37. The van der Waals surface area contributed by atoms with E-state index in [2.05, 4.69) is 34.7 Å². The van der Waals surface area contributed by atoms with Crippen molar-refractivity contribution in [3.8, 4) is 5.75 Å². The third-order valence-electron chi connectivity index (χ3n) is 4.39. The first kappa shape index (κ1) is 15.8. The van der Waals surface area contributed by atoms with E-state index in [0.29, 0.717) is 12.6 Å². The first-order valence-electron chi connectivity index (χ1n) is 8.34. The van der Waals surface area contributed by atoms with Crippen molar-refractivity contribution in [3.63, 3.8) is 0 Å². The van der Waals surface area contributed by atoms with E-state index in [9.17, 15) is 0 Å². The van der Waals surface area contributed by atoms with Gasteiger partial charge < -0.3 is 4.74 Å². The summed E-state index contributed by atoms with van der Waals surface area (Å²) in [7, 11) is 0. The van der Waals surface area contributed by atoms with Gasteiger partial charge in [-0.2, -0.15) is 0 Å². The highest BCUT2D eigenvalue weighted by Crippen LogP contribution is 2.33. The second kappa shape index (κ2) is 7.93. The molecule has 23 heavy (non-hydrogen) atoms. The Hall–Kier alpha value is -2.13. The lowest BCUT2D eigenvalue weighted by Crippen LogP contribution is -2.33. The predicted molar refractivity (Wildman–Crippen MR) is 93.4 cm³/mol. The number of nitrogens with zero attached hydrogens (tertiary/aromatic N) is 2. The monoisotopic (exact) mass is 308 g/mol. The molecule has 0 bridgehead atoms. The zero-order valence-corrected chi connectivity index (χ0v) is 13.5. The van der Waals surface area contributed by atoms with Crippen LogP contribution in [0.5, 0.6) is 5.75 Å². The van der Waals surface area contributed by atoms with Crippen LogP contribution in [0.1, 0.15) is 36.4 Å². The van der Waals surface area contributed by atoms with Crippen LogP contribution in [-0.2, 0) is 6.54 Å². The fraction of sp³-hybridized carbons (Fsp3) is 0.350. The van der Waals surface area contributed by atoms with Gasteiger partial charge in [0.05, 0.1) is 0 Å². The lowest BCUT2D eigenvalue weighted by atomic mass is 9.95. The summed E-state index contributed by atoms with van der Waals surface area (Å²) >= 11 is 0. The minimum atomic E-state index is 0.449. The molecule has 1 aliphatic heterocycles. The van der Waals surface area contributed by atoms with Gasteiger partial charge in [0.1, 0.15) is 12.4 Å². The quantitative estimate of drug-likeness (QED) is 0.741. The molecule has 1 aromatic heterocycles. The van der Waals surface area contributed by atoms with Gasteiger partial charge in [-0.1, -0.05) is 43.3 Å². The van der Waals surface area contributed by atoms with Gasteiger partial charge in [0.2, 0.25) is 0 Å². The van der Waals surface area contributed by atoms with Gasteiger partial charge in [0.15, 0.2) is 0 Å². The van der Waals surface area contributed by atoms with Crippen LogP contribution in [0.2, 0.25) is 0 Å². The SMILES string of the molecule is C=CCOc1ccccc1CN1CCCC[C@H]1c1cccnc1. The van der Waals surface area contributed by atoms with Crippen LogP contribution in [0.25, 0.3) is 0 Å². The summed E-state index contributed by atoms with van der Waals surface area (Å²) in [5.74, 6) is 0.961. The Bertz CT molecular complexity index is 627. The Kier molecular flexibility index (Phi) is 5.43. The van der Waals surface area contributed by atoms with Crippen LogP contribution in [0, 0.1) is 0 Å². The van der Waals surface area contributed by atoms with Crippen molar-refractivity contribution in [2.75, 3.05) is 13.2 Å². The van der Waals surface area contributed by atoms with Gasteiger partial charge in [0.25, 0.3) is 0 Å². The average Bonchev–Trinajstić information content (AvgIpc) is 2.62. The third-order valence-corrected chi connectivity index (χ3v) is 4.39. The molecule has 0 N–H and O–H groups in total. The van der Waals surface area contributed by atoms with Gasteiger partial charge in [0, 0.05) is 30.5 Å². The molecule has 3 heteroatoms. The van der Waals surface area contributed by atoms with Gasteiger partial charge in [-0.05, 0) is 37.1 Å². The van der Waals surface area contributed by atoms with Crippen LogP contribution < -0.4 is 4.74 Å². The van der Waals surface area contributed by atoms with Gasteiger partial charge in [-0.15, -0.1) is 0 Å². The van der Waals surface area contributed by atoms with Crippen LogP contribution in [0.3, 0.4) is 0 Å². The molecule has 0 aliphatic carbocycles. The molecule has 0 unspecified atom stereocenters. The highest BCUT2D eigenvalue weighted by atomic mass is 16.5. The van der Waals surface area contributed by atoms with E-state index in [1.807, 2.05) is 30.6 Å². The highest BCUT2D eigenvalue weighted by Gasteiger charge is 2.24. The lowest BCUT2D eigenvalue weighted by Gasteiger charge is -2.36. The van der Waals surface area contributed by atoms with Gasteiger partial charge in [-0.3, -0.25) is 9.88 Å². The Morgan fingerprint density at radius 3 is 2.96 bits per heavy atom. The van der Waals surface area contributed by atoms with Crippen molar-refractivity contribution in [1.82, 2.24) is 9.88 Å². The average molecular weight is 308 g/mol. The largest absolute Gasteiger partial charge is 0.489 e. The lowest BCUT2D eigenvalue weighted by molar-refractivity contribution is 0.138. The molecule has 120 valence electrons. The summed E-state index contributed by atoms with van der Waals surface area (Å²) in [5, 5.41) is 0. The molecule has 1 atom stereocenters. The van der Waals surface area contributed by atoms with Crippen LogP contribution in [0.15, 0.2) is 61.4 Å². The van der Waals surface area contributed by atoms with Crippen molar-refractivity contribution in [1.29, 1.82) is 0 Å². The van der Waals surface area contributed by atoms with Crippen LogP contribution >= 0.6 is 0 Å². The Morgan fingerprint density at radius 2 is 2.13 bits per heavy atom. The summed E-state index contributed by atoms with van der Waals surface area (Å²) in [6.45, 7) is 6.31. The van der Waals surface area contributed by atoms with Crippen molar-refractivity contribution in [2.45, 2.75) is 31.8 Å². The standard InChI is InChI=1S/C20H24N2O/c1-2-14-23-20-11-4-3-8-18(20)16-22-13-6-5-10-19(22)17-9-7-12-21-15-17/h2-4,7-9,11-12,15,19H,1,5-6,10,13-14,16H2/t19-/m0/s1. The third kappa shape index (κ3) is 3.99. The van der Waals surface area contributed by atoms with E-state index in [1.165, 1.54) is 30.4 Å². The molecule has 1 fully saturated rings. The number of hydrogen-bond acceptors (Lipinski definition) is 3. The molecule has 2 heterocycles. The Balaban J connectivity index is 1.78. The van der Waals surface area contributed by atoms with E-state index in [-0.39, 0.29) is 0 Å². The van der Waals surface area contributed by atoms with Crippen molar-refractivity contribution in [2.24, 2.45) is 0 Å². The molecule has 0 saturated carbocycles. The summed E-state index contributed by atoms with van der Waals surface area (Å²) in [5.41, 5.74) is 2.56. The zero-order valence-electron chi connectivity index (χ0n) is 13.5. The number of hydrogen-bond donors (Lipinski definition) is 0. The van der Waals surface area contributed by atoms with Crippen LogP contribution in [0.4, 0.5) is 0 Å². The number of benzene rings is 1. The Morgan fingerprint density at radius 1 is 1.22 bits per heavy atom. The van der Waals surface area contributed by atoms with Gasteiger partial charge in [-0.25, -0.2) is 0 Å². The molecule has 2 aromatic rings. The molecule has 1 saturated heterocycles. The van der Waals surface area contributed by atoms with E-state index >= 15 is 0 Å². The number of pyridine rings is 1. The molecule has 0 spiro atoms. The second-order valence-corrected chi connectivity index (χ2v) is 5.98. The second-order valence-electron chi connectivity index (χ2n) is 5.98.